The van der Waals surface area contributed by atoms with Crippen molar-refractivity contribution >= 4 is 31.3 Å². The minimum absolute atomic E-state index is 0.227. The highest BCUT2D eigenvalue weighted by Crippen LogP contribution is 2.50. The predicted molar refractivity (Wildman–Crippen MR) is 79.0 cm³/mol. The third-order valence-corrected chi connectivity index (χ3v) is 4.80. The van der Waals surface area contributed by atoms with E-state index in [1.165, 1.54) is 0 Å². The summed E-state index contributed by atoms with van der Waals surface area (Å²) < 4.78 is 21.6. The van der Waals surface area contributed by atoms with Gasteiger partial charge < -0.3 is 35.6 Å². The number of nitrogens with one attached hydrogen (secondary N) is 2. The molecule has 0 saturated heterocycles. The van der Waals surface area contributed by atoms with Crippen molar-refractivity contribution in [3.05, 3.63) is 0 Å². The Morgan fingerprint density at radius 1 is 1.17 bits per heavy atom. The van der Waals surface area contributed by atoms with Crippen molar-refractivity contribution in [1.29, 1.82) is 0 Å². The van der Waals surface area contributed by atoms with Crippen molar-refractivity contribution in [1.82, 2.24) is 10.6 Å². The molecule has 24 heavy (non-hydrogen) atoms. The maximum Gasteiger partial charge on any atom is 0.361 e. The molecular formula is C11H20N3O9P. The Kier molecular flexibility index (Phi) is 9.14. The zero-order valence-corrected chi connectivity index (χ0v) is 13.9. The molecule has 0 fully saturated rings. The molecule has 138 valence electrons. The summed E-state index contributed by atoms with van der Waals surface area (Å²) in [6, 6.07) is -1.29. The van der Waals surface area contributed by atoms with E-state index in [0.29, 0.717) is 0 Å². The molecule has 0 aliphatic carbocycles. The number of nitrogens with two attached hydrogens (primary N) is 1. The van der Waals surface area contributed by atoms with Crippen molar-refractivity contribution in [2.75, 3.05) is 20.8 Å². The molecule has 0 spiro atoms. The van der Waals surface area contributed by atoms with E-state index in [2.05, 4.69) is 14.4 Å². The highest BCUT2D eigenvalue weighted by atomic mass is 31.2. The molecule has 0 aliphatic heterocycles. The van der Waals surface area contributed by atoms with Crippen LogP contribution in [0, 0.1) is 0 Å². The lowest BCUT2D eigenvalue weighted by Crippen LogP contribution is -2.48. The zero-order valence-electron chi connectivity index (χ0n) is 13.1. The van der Waals surface area contributed by atoms with Crippen LogP contribution < -0.4 is 16.4 Å². The maximum absolute atomic E-state index is 12.3. The monoisotopic (exact) mass is 369 g/mol. The zero-order chi connectivity index (χ0) is 18.9. The van der Waals surface area contributed by atoms with Crippen molar-refractivity contribution in [2.45, 2.75) is 24.7 Å². The van der Waals surface area contributed by atoms with E-state index in [1.807, 2.05) is 5.32 Å². The van der Waals surface area contributed by atoms with E-state index in [1.54, 1.807) is 0 Å². The lowest BCUT2D eigenvalue weighted by molar-refractivity contribution is -0.139. The Morgan fingerprint density at radius 3 is 2.12 bits per heavy atom. The van der Waals surface area contributed by atoms with Crippen LogP contribution in [0.4, 0.5) is 0 Å². The van der Waals surface area contributed by atoms with E-state index in [-0.39, 0.29) is 12.8 Å². The molecule has 2 atom stereocenters. The second kappa shape index (κ2) is 9.98. The summed E-state index contributed by atoms with van der Waals surface area (Å²) in [4.78, 5) is 44.8. The first-order valence-electron chi connectivity index (χ1n) is 6.55. The van der Waals surface area contributed by atoms with Crippen LogP contribution in [0.15, 0.2) is 0 Å². The van der Waals surface area contributed by atoms with Crippen LogP contribution in [0.3, 0.4) is 0 Å². The minimum Gasteiger partial charge on any atom is -0.480 e. The summed E-state index contributed by atoms with van der Waals surface area (Å²) >= 11 is 0. The summed E-state index contributed by atoms with van der Waals surface area (Å²) in [6.07, 6.45) is -0.599. The summed E-state index contributed by atoms with van der Waals surface area (Å²) in [5, 5.41) is 21.2. The van der Waals surface area contributed by atoms with E-state index < -0.39 is 49.7 Å². The Morgan fingerprint density at radius 2 is 1.71 bits per heavy atom. The first-order chi connectivity index (χ1) is 11.1. The second-order valence-corrected chi connectivity index (χ2v) is 6.80. The summed E-state index contributed by atoms with van der Waals surface area (Å²) in [5.74, 6) is -6.40. The van der Waals surface area contributed by atoms with Crippen molar-refractivity contribution in [3.8, 4) is 0 Å². The molecule has 0 saturated carbocycles. The van der Waals surface area contributed by atoms with E-state index >= 15 is 0 Å². The lowest BCUT2D eigenvalue weighted by atomic mass is 10.1. The van der Waals surface area contributed by atoms with Gasteiger partial charge in [0.05, 0.1) is 0 Å². The van der Waals surface area contributed by atoms with Crippen LogP contribution in [-0.4, -0.2) is 66.6 Å². The minimum atomic E-state index is -4.11. The molecule has 12 nitrogen and oxygen atoms in total. The molecule has 6 N–H and O–H groups in total. The van der Waals surface area contributed by atoms with Gasteiger partial charge in [0, 0.05) is 20.6 Å². The van der Waals surface area contributed by atoms with Gasteiger partial charge in [-0.25, -0.2) is 0 Å². The number of amides is 2. The fourth-order valence-corrected chi connectivity index (χ4v) is 2.72. The number of carboxylic acid groups (broad SMARTS) is 2. The molecule has 0 aromatic heterocycles. The Labute approximate surface area is 137 Å². The van der Waals surface area contributed by atoms with Gasteiger partial charge in [-0.1, -0.05) is 0 Å². The highest BCUT2D eigenvalue weighted by molar-refractivity contribution is 7.55. The molecule has 0 radical (unpaired) electrons. The fourth-order valence-electron chi connectivity index (χ4n) is 1.47. The number of carboxylic acids is 2. The van der Waals surface area contributed by atoms with Crippen molar-refractivity contribution in [3.63, 3.8) is 0 Å². The largest absolute Gasteiger partial charge is 0.480 e. The van der Waals surface area contributed by atoms with Crippen LogP contribution in [0.5, 0.6) is 0 Å². The average molecular weight is 369 g/mol. The van der Waals surface area contributed by atoms with E-state index in [9.17, 15) is 23.7 Å². The number of rotatable bonds is 11. The molecule has 0 rings (SSSR count). The number of carbonyl (C=O) groups excluding carboxylic acids is 2. The van der Waals surface area contributed by atoms with Gasteiger partial charge in [0.1, 0.15) is 12.6 Å². The smallest absolute Gasteiger partial charge is 0.361 e. The highest BCUT2D eigenvalue weighted by Gasteiger charge is 2.41. The van der Waals surface area contributed by atoms with Gasteiger partial charge in [-0.3, -0.25) is 23.7 Å². The molecule has 13 heteroatoms. The normalized spacial score (nSPS) is 13.6. The first-order valence-corrected chi connectivity index (χ1v) is 8.17. The number of carbonyl (C=O) groups is 4. The standard InChI is InChI=1S/C11H20N3O9P/c1-22-24(21,23-2)10(9(18)13-5-8(16)17)14-7(15)4-3-6(12)11(19)20/h6,10H,3-5,12H2,1-2H3,(H,13,18)(H,14,15)(H,16,17)(H,19,20)/t6-,10+/m0/s1. The summed E-state index contributed by atoms with van der Waals surface area (Å²) in [5.41, 5.74) is 5.25. The number of hydrogen-bond acceptors (Lipinski definition) is 8. The first kappa shape index (κ1) is 22.0. The third-order valence-electron chi connectivity index (χ3n) is 2.78. The van der Waals surface area contributed by atoms with Gasteiger partial charge >= 0.3 is 19.5 Å². The summed E-state index contributed by atoms with van der Waals surface area (Å²) in [7, 11) is -2.15. The predicted octanol–water partition coefficient (Wildman–Crippen LogP) is -1.69. The molecule has 0 aliphatic rings. The fraction of sp³-hybridized carbons (Fsp3) is 0.636. The van der Waals surface area contributed by atoms with E-state index in [0.717, 1.165) is 14.2 Å². The number of aliphatic carboxylic acids is 2. The molecule has 2 amide bonds. The Bertz CT molecular complexity index is 531. The van der Waals surface area contributed by atoms with Crippen LogP contribution in [0.2, 0.25) is 0 Å². The van der Waals surface area contributed by atoms with E-state index in [4.69, 9.17) is 15.9 Å². The summed E-state index contributed by atoms with van der Waals surface area (Å²) in [6.45, 7) is -0.775. The Hall–Kier alpha value is -2.01. The number of hydrogen-bond donors (Lipinski definition) is 5. The topological polar surface area (TPSA) is 194 Å². The van der Waals surface area contributed by atoms with Gasteiger partial charge in [0.2, 0.25) is 11.7 Å². The quantitative estimate of drug-likeness (QED) is 0.262. The maximum atomic E-state index is 12.3. The van der Waals surface area contributed by atoms with Gasteiger partial charge in [-0.05, 0) is 6.42 Å². The van der Waals surface area contributed by atoms with Gasteiger partial charge in [-0.15, -0.1) is 0 Å². The van der Waals surface area contributed by atoms with Gasteiger partial charge in [-0.2, -0.15) is 0 Å². The average Bonchev–Trinajstić information content (AvgIpc) is 2.54. The van der Waals surface area contributed by atoms with Gasteiger partial charge in [0.25, 0.3) is 5.91 Å². The van der Waals surface area contributed by atoms with Crippen molar-refractivity contribution in [2.24, 2.45) is 5.73 Å². The SMILES string of the molecule is COP(=O)(OC)[C@@H](NC(=O)CC[C@H](N)C(=O)O)C(=O)NCC(=O)O. The van der Waals surface area contributed by atoms with Gasteiger partial charge in [0.15, 0.2) is 0 Å². The molecule has 0 heterocycles. The molecule has 0 aromatic rings. The Balaban J connectivity index is 5.03. The van der Waals surface area contributed by atoms with Crippen LogP contribution in [0.1, 0.15) is 12.8 Å². The second-order valence-electron chi connectivity index (χ2n) is 4.47. The molecule has 0 aromatic carbocycles. The van der Waals surface area contributed by atoms with Crippen LogP contribution >= 0.6 is 7.60 Å². The molecule has 0 unspecified atom stereocenters. The van der Waals surface area contributed by atoms with Crippen LogP contribution in [-0.2, 0) is 32.8 Å². The molecular weight excluding hydrogens is 349 g/mol. The lowest BCUT2D eigenvalue weighted by Gasteiger charge is -2.24. The third kappa shape index (κ3) is 7.04. The van der Waals surface area contributed by atoms with Crippen molar-refractivity contribution < 1.29 is 43.0 Å². The van der Waals surface area contributed by atoms with Crippen LogP contribution in [0.25, 0.3) is 0 Å². The molecule has 0 bridgehead atoms.